The number of aromatic amines is 1. The molecule has 15 heavy (non-hydrogen) atoms. The van der Waals surface area contributed by atoms with Crippen molar-refractivity contribution in [1.82, 2.24) is 4.98 Å². The maximum atomic E-state index is 11.3. The lowest BCUT2D eigenvalue weighted by molar-refractivity contribution is -0.386. The van der Waals surface area contributed by atoms with E-state index in [9.17, 15) is 14.9 Å². The van der Waals surface area contributed by atoms with Gasteiger partial charge in [0, 0.05) is 11.5 Å². The lowest BCUT2D eigenvalue weighted by Gasteiger charge is -2.00. The first-order chi connectivity index (χ1) is 7.09. The number of benzene rings is 1. The molecule has 0 spiro atoms. The van der Waals surface area contributed by atoms with E-state index in [0.717, 1.165) is 5.56 Å². The average Bonchev–Trinajstić information content (AvgIpc) is 2.18. The second kappa shape index (κ2) is 3.20. The van der Waals surface area contributed by atoms with Crippen LogP contribution in [0.3, 0.4) is 0 Å². The van der Waals surface area contributed by atoms with Crippen LogP contribution in [-0.4, -0.2) is 9.91 Å². The van der Waals surface area contributed by atoms with Crippen LogP contribution in [0.5, 0.6) is 0 Å². The van der Waals surface area contributed by atoms with Crippen LogP contribution in [0.25, 0.3) is 10.9 Å². The topological polar surface area (TPSA) is 76.0 Å². The monoisotopic (exact) mass is 204 g/mol. The summed E-state index contributed by atoms with van der Waals surface area (Å²) in [5.74, 6) is 0. The van der Waals surface area contributed by atoms with E-state index < -0.39 is 16.2 Å². The zero-order valence-corrected chi connectivity index (χ0v) is 7.98. The molecule has 0 aliphatic carbocycles. The van der Waals surface area contributed by atoms with Crippen molar-refractivity contribution in [2.45, 2.75) is 6.92 Å². The summed E-state index contributed by atoms with van der Waals surface area (Å²) in [6.45, 7) is 1.84. The van der Waals surface area contributed by atoms with E-state index in [2.05, 4.69) is 4.98 Å². The minimum absolute atomic E-state index is 0.423. The van der Waals surface area contributed by atoms with E-state index in [1.54, 1.807) is 12.1 Å². The Morgan fingerprint density at radius 1 is 1.40 bits per heavy atom. The molecule has 0 bridgehead atoms. The Labute approximate surface area is 84.5 Å². The molecular formula is C10H8N2O3. The number of hydrogen-bond acceptors (Lipinski definition) is 3. The number of nitrogens with zero attached hydrogens (tertiary/aromatic N) is 1. The zero-order chi connectivity index (χ0) is 11.0. The summed E-state index contributed by atoms with van der Waals surface area (Å²) in [4.78, 5) is 23.7. The van der Waals surface area contributed by atoms with Crippen LogP contribution in [0.2, 0.25) is 0 Å². The highest BCUT2D eigenvalue weighted by molar-refractivity contribution is 5.83. The van der Waals surface area contributed by atoms with Crippen LogP contribution >= 0.6 is 0 Å². The largest absolute Gasteiger partial charge is 0.334 e. The number of pyridine rings is 1. The molecule has 76 valence electrons. The van der Waals surface area contributed by atoms with Crippen LogP contribution in [-0.2, 0) is 0 Å². The fourth-order valence-corrected chi connectivity index (χ4v) is 1.51. The highest BCUT2D eigenvalue weighted by Crippen LogP contribution is 2.17. The third kappa shape index (κ3) is 1.48. The molecular weight excluding hydrogens is 196 g/mol. The number of aryl methyl sites for hydroxylation is 1. The van der Waals surface area contributed by atoms with Crippen LogP contribution in [0.1, 0.15) is 5.56 Å². The first kappa shape index (κ1) is 9.39. The molecule has 1 aromatic carbocycles. The van der Waals surface area contributed by atoms with Crippen LogP contribution < -0.4 is 5.56 Å². The SMILES string of the molecule is Cc1cccc2cc([N+](=O)[O-])c(=O)[nH]c12. The van der Waals surface area contributed by atoms with E-state index >= 15 is 0 Å². The highest BCUT2D eigenvalue weighted by atomic mass is 16.6. The molecule has 1 aromatic heterocycles. The predicted octanol–water partition coefficient (Wildman–Crippen LogP) is 1.74. The number of nitrogens with one attached hydrogen (secondary N) is 1. The molecule has 0 saturated carbocycles. The molecule has 0 fully saturated rings. The number of H-pyrrole nitrogens is 1. The maximum absolute atomic E-state index is 11.3. The first-order valence-electron chi connectivity index (χ1n) is 4.36. The Balaban J connectivity index is 2.88. The van der Waals surface area contributed by atoms with Gasteiger partial charge in [0.1, 0.15) is 0 Å². The molecule has 0 aliphatic rings. The van der Waals surface area contributed by atoms with Crippen molar-refractivity contribution in [2.75, 3.05) is 0 Å². The van der Waals surface area contributed by atoms with Gasteiger partial charge in [-0.2, -0.15) is 0 Å². The minimum Gasteiger partial charge on any atom is -0.316 e. The second-order valence-electron chi connectivity index (χ2n) is 3.28. The molecule has 1 N–H and O–H groups in total. The molecule has 1 heterocycles. The standard InChI is InChI=1S/C10H8N2O3/c1-6-3-2-4-7-5-8(12(14)15)10(13)11-9(6)7/h2-5H,1H3,(H,11,13). The molecule has 0 aliphatic heterocycles. The van der Waals surface area contributed by atoms with Crippen molar-refractivity contribution in [3.63, 3.8) is 0 Å². The lowest BCUT2D eigenvalue weighted by Crippen LogP contribution is -2.11. The van der Waals surface area contributed by atoms with E-state index in [4.69, 9.17) is 0 Å². The van der Waals surface area contributed by atoms with E-state index in [1.807, 2.05) is 13.0 Å². The van der Waals surface area contributed by atoms with Crippen molar-refractivity contribution in [3.05, 3.63) is 50.3 Å². The van der Waals surface area contributed by atoms with Gasteiger partial charge in [0.25, 0.3) is 0 Å². The van der Waals surface area contributed by atoms with E-state index in [1.165, 1.54) is 6.07 Å². The van der Waals surface area contributed by atoms with Gasteiger partial charge >= 0.3 is 11.2 Å². The minimum atomic E-state index is -0.680. The quantitative estimate of drug-likeness (QED) is 0.567. The van der Waals surface area contributed by atoms with Crippen LogP contribution in [0.15, 0.2) is 29.1 Å². The molecule has 2 rings (SSSR count). The van der Waals surface area contributed by atoms with Crippen molar-refractivity contribution < 1.29 is 4.92 Å². The smallest absolute Gasteiger partial charge is 0.316 e. The molecule has 0 atom stereocenters. The Bertz CT molecular complexity index is 601. The summed E-state index contributed by atoms with van der Waals surface area (Å²) < 4.78 is 0. The van der Waals surface area contributed by atoms with E-state index in [-0.39, 0.29) is 0 Å². The van der Waals surface area contributed by atoms with Crippen molar-refractivity contribution in [3.8, 4) is 0 Å². The van der Waals surface area contributed by atoms with Gasteiger partial charge in [-0.25, -0.2) is 0 Å². The van der Waals surface area contributed by atoms with Crippen molar-refractivity contribution in [1.29, 1.82) is 0 Å². The molecule has 5 nitrogen and oxygen atoms in total. The zero-order valence-electron chi connectivity index (χ0n) is 7.98. The summed E-state index contributed by atoms with van der Waals surface area (Å²) in [5, 5.41) is 11.2. The average molecular weight is 204 g/mol. The van der Waals surface area contributed by atoms with Gasteiger partial charge < -0.3 is 4.98 Å². The van der Waals surface area contributed by atoms with Gasteiger partial charge in [0.2, 0.25) is 0 Å². The molecule has 0 amide bonds. The Morgan fingerprint density at radius 2 is 2.13 bits per heavy atom. The fraction of sp³-hybridized carbons (Fsp3) is 0.100. The summed E-state index contributed by atoms with van der Waals surface area (Å²) in [7, 11) is 0. The number of aromatic nitrogens is 1. The summed E-state index contributed by atoms with van der Waals surface area (Å²) in [6.07, 6.45) is 0. The summed E-state index contributed by atoms with van der Waals surface area (Å²) in [6, 6.07) is 6.65. The molecule has 0 radical (unpaired) electrons. The Kier molecular flexibility index (Phi) is 2.00. The van der Waals surface area contributed by atoms with Crippen molar-refractivity contribution in [2.24, 2.45) is 0 Å². The summed E-state index contributed by atoms with van der Waals surface area (Å²) in [5.41, 5.74) is 0.447. The van der Waals surface area contributed by atoms with Gasteiger partial charge in [0.05, 0.1) is 10.4 Å². The van der Waals surface area contributed by atoms with Crippen molar-refractivity contribution >= 4 is 16.6 Å². The molecule has 2 aromatic rings. The fourth-order valence-electron chi connectivity index (χ4n) is 1.51. The third-order valence-corrected chi connectivity index (χ3v) is 2.27. The summed E-state index contributed by atoms with van der Waals surface area (Å²) >= 11 is 0. The molecule has 0 saturated heterocycles. The number of rotatable bonds is 1. The number of hydrogen-bond donors (Lipinski definition) is 1. The number of nitro groups is 1. The van der Waals surface area contributed by atoms with Gasteiger partial charge in [-0.05, 0) is 12.5 Å². The third-order valence-electron chi connectivity index (χ3n) is 2.27. The highest BCUT2D eigenvalue weighted by Gasteiger charge is 2.13. The maximum Gasteiger partial charge on any atom is 0.334 e. The van der Waals surface area contributed by atoms with Crippen LogP contribution in [0.4, 0.5) is 5.69 Å². The van der Waals surface area contributed by atoms with Gasteiger partial charge in [0.15, 0.2) is 0 Å². The van der Waals surface area contributed by atoms with E-state index in [0.29, 0.717) is 10.9 Å². The normalized spacial score (nSPS) is 10.5. The van der Waals surface area contributed by atoms with Gasteiger partial charge in [-0.15, -0.1) is 0 Å². The first-order valence-corrected chi connectivity index (χ1v) is 4.36. The lowest BCUT2D eigenvalue weighted by atomic mass is 10.1. The molecule has 5 heteroatoms. The van der Waals surface area contributed by atoms with Gasteiger partial charge in [-0.3, -0.25) is 14.9 Å². The molecule has 0 unspecified atom stereocenters. The second-order valence-corrected chi connectivity index (χ2v) is 3.28. The number of para-hydroxylation sites is 1. The Hall–Kier alpha value is -2.17. The van der Waals surface area contributed by atoms with Gasteiger partial charge in [-0.1, -0.05) is 18.2 Å². The van der Waals surface area contributed by atoms with Crippen LogP contribution in [0, 0.1) is 17.0 Å². The predicted molar refractivity (Wildman–Crippen MR) is 56.0 cm³/mol. The number of fused-ring (bicyclic) bond motifs is 1. The Morgan fingerprint density at radius 3 is 2.80 bits per heavy atom.